The summed E-state index contributed by atoms with van der Waals surface area (Å²) in [5.41, 5.74) is 0.153. The second-order valence-corrected chi connectivity index (χ2v) is 2.82. The Morgan fingerprint density at radius 3 is 1.69 bits per heavy atom. The number of rotatable bonds is 2. The van der Waals surface area contributed by atoms with E-state index >= 15 is 0 Å². The highest BCUT2D eigenvalue weighted by Gasteiger charge is 1.88. The molecule has 2 aliphatic rings. The average molecular weight is 175 g/mol. The van der Waals surface area contributed by atoms with Gasteiger partial charge in [0.25, 0.3) is 0 Å². The summed E-state index contributed by atoms with van der Waals surface area (Å²) < 4.78 is 0. The van der Waals surface area contributed by atoms with E-state index in [0.717, 1.165) is 0 Å². The number of carbonyl (C=O) groups excluding carboxylic acids is 1. The minimum Gasteiger partial charge on any atom is -0.545 e. The SMILES string of the molecule is C=C(CC)C(=O)[O-].c1cc2ccc1=2. The molecule has 0 heterocycles. The predicted molar refractivity (Wildman–Crippen MR) is 48.6 cm³/mol. The van der Waals surface area contributed by atoms with Crippen molar-refractivity contribution in [3.05, 3.63) is 46.9 Å². The molecule has 2 rings (SSSR count). The lowest BCUT2D eigenvalue weighted by molar-refractivity contribution is -0.299. The predicted octanol–water partition coefficient (Wildman–Crippen LogP) is 0.989. The molecule has 13 heavy (non-hydrogen) atoms. The van der Waals surface area contributed by atoms with Crippen molar-refractivity contribution in [2.75, 3.05) is 0 Å². The summed E-state index contributed by atoms with van der Waals surface area (Å²) in [4.78, 5) is 9.72. The van der Waals surface area contributed by atoms with Crippen molar-refractivity contribution < 1.29 is 9.90 Å². The molecule has 0 N–H and O–H groups in total. The Labute approximate surface area is 76.8 Å². The first-order chi connectivity index (χ1) is 6.15. The highest BCUT2D eigenvalue weighted by atomic mass is 16.4. The smallest absolute Gasteiger partial charge is 0.0668 e. The van der Waals surface area contributed by atoms with E-state index in [-0.39, 0.29) is 5.57 Å². The maximum atomic E-state index is 9.72. The van der Waals surface area contributed by atoms with Gasteiger partial charge in [-0.1, -0.05) is 37.8 Å². The molecule has 0 bridgehead atoms. The van der Waals surface area contributed by atoms with Gasteiger partial charge in [-0.2, -0.15) is 0 Å². The molecule has 2 heteroatoms. The third-order valence-electron chi connectivity index (χ3n) is 1.93. The molecule has 0 radical (unpaired) electrons. The molecule has 0 saturated heterocycles. The highest BCUT2D eigenvalue weighted by molar-refractivity contribution is 5.83. The third-order valence-corrected chi connectivity index (χ3v) is 1.93. The Morgan fingerprint density at radius 1 is 1.31 bits per heavy atom. The number of carboxylic acids is 1. The van der Waals surface area contributed by atoms with Crippen LogP contribution in [-0.4, -0.2) is 5.97 Å². The van der Waals surface area contributed by atoms with Gasteiger partial charge in [0, 0.05) is 0 Å². The summed E-state index contributed by atoms with van der Waals surface area (Å²) in [6, 6.07) is 8.48. The zero-order chi connectivity index (χ0) is 9.84. The van der Waals surface area contributed by atoms with E-state index in [4.69, 9.17) is 0 Å². The van der Waals surface area contributed by atoms with E-state index in [1.165, 1.54) is 10.4 Å². The maximum Gasteiger partial charge on any atom is 0.0668 e. The first kappa shape index (κ1) is 9.52. The molecule has 0 aromatic rings. The fraction of sp³-hybridized carbons (Fsp3) is 0.182. The fourth-order valence-corrected chi connectivity index (χ4v) is 0.807. The summed E-state index contributed by atoms with van der Waals surface area (Å²) >= 11 is 0. The lowest BCUT2D eigenvalue weighted by Crippen LogP contribution is -2.23. The molecule has 0 aromatic heterocycles. The van der Waals surface area contributed by atoms with Crippen LogP contribution in [0.25, 0.3) is 0 Å². The quantitative estimate of drug-likeness (QED) is 0.638. The van der Waals surface area contributed by atoms with E-state index < -0.39 is 5.97 Å². The zero-order valence-corrected chi connectivity index (χ0v) is 7.54. The summed E-state index contributed by atoms with van der Waals surface area (Å²) in [6.07, 6.45) is 0.461. The molecule has 0 aliphatic heterocycles. The van der Waals surface area contributed by atoms with Crippen LogP contribution in [0.15, 0.2) is 36.4 Å². The van der Waals surface area contributed by atoms with Crippen LogP contribution in [0.1, 0.15) is 13.3 Å². The molecule has 0 spiro atoms. The van der Waals surface area contributed by atoms with Crippen molar-refractivity contribution >= 4 is 5.97 Å². The van der Waals surface area contributed by atoms with Crippen molar-refractivity contribution in [2.45, 2.75) is 13.3 Å². The van der Waals surface area contributed by atoms with Crippen LogP contribution < -0.4 is 5.11 Å². The fourth-order valence-electron chi connectivity index (χ4n) is 0.807. The van der Waals surface area contributed by atoms with Crippen LogP contribution in [0, 0.1) is 10.4 Å². The van der Waals surface area contributed by atoms with Gasteiger partial charge in [0.15, 0.2) is 0 Å². The standard InChI is InChI=1S/C6H4.C5H8O2/c1-2-6-4-3-5(1)6;1-3-4(2)5(6)7/h1-4H;2-3H2,1H3,(H,6,7)/p-1. The van der Waals surface area contributed by atoms with E-state index in [2.05, 4.69) is 30.8 Å². The van der Waals surface area contributed by atoms with E-state index in [0.29, 0.717) is 6.42 Å². The Hall–Kier alpha value is -1.57. The second kappa shape index (κ2) is 3.90. The third kappa shape index (κ3) is 2.18. The van der Waals surface area contributed by atoms with E-state index in [9.17, 15) is 9.90 Å². The first-order valence-corrected chi connectivity index (χ1v) is 4.14. The number of aliphatic carboxylic acids is 1. The van der Waals surface area contributed by atoms with Gasteiger partial charge in [-0.3, -0.25) is 0 Å². The van der Waals surface area contributed by atoms with E-state index in [1.54, 1.807) is 6.92 Å². The van der Waals surface area contributed by atoms with Crippen molar-refractivity contribution in [2.24, 2.45) is 0 Å². The summed E-state index contributed by atoms with van der Waals surface area (Å²) in [7, 11) is 0. The molecule has 0 atom stereocenters. The van der Waals surface area contributed by atoms with Gasteiger partial charge < -0.3 is 9.90 Å². The van der Waals surface area contributed by atoms with Crippen molar-refractivity contribution in [3.8, 4) is 0 Å². The topological polar surface area (TPSA) is 40.1 Å². The van der Waals surface area contributed by atoms with Gasteiger partial charge in [0.2, 0.25) is 0 Å². The molecule has 0 unspecified atom stereocenters. The number of hydrogen-bond donors (Lipinski definition) is 0. The van der Waals surface area contributed by atoms with E-state index in [1.807, 2.05) is 0 Å². The van der Waals surface area contributed by atoms with Crippen LogP contribution in [0.3, 0.4) is 0 Å². The first-order valence-electron chi connectivity index (χ1n) is 4.14. The number of carbonyl (C=O) groups is 1. The Kier molecular flexibility index (Phi) is 2.85. The minimum atomic E-state index is -1.15. The molecule has 68 valence electrons. The van der Waals surface area contributed by atoms with Crippen molar-refractivity contribution in [1.29, 1.82) is 0 Å². The van der Waals surface area contributed by atoms with Gasteiger partial charge in [-0.05, 0) is 22.4 Å². The van der Waals surface area contributed by atoms with Crippen molar-refractivity contribution in [1.82, 2.24) is 0 Å². The molecule has 0 aromatic carbocycles. The summed E-state index contributed by atoms with van der Waals surface area (Å²) in [5.74, 6) is -1.15. The number of benzene rings is 1. The number of carboxylic acid groups (broad SMARTS) is 1. The lowest BCUT2D eigenvalue weighted by atomic mass is 10.1. The Bertz CT molecular complexity index is 368. The molecule has 2 aliphatic carbocycles. The summed E-state index contributed by atoms with van der Waals surface area (Å²) in [5, 5.41) is 12.6. The van der Waals surface area contributed by atoms with Gasteiger partial charge in [0.1, 0.15) is 0 Å². The normalized spacial score (nSPS) is 9.62. The van der Waals surface area contributed by atoms with Crippen LogP contribution in [0.4, 0.5) is 0 Å². The second-order valence-electron chi connectivity index (χ2n) is 2.82. The largest absolute Gasteiger partial charge is 0.545 e. The summed E-state index contributed by atoms with van der Waals surface area (Å²) in [6.45, 7) is 4.93. The van der Waals surface area contributed by atoms with Crippen LogP contribution in [-0.2, 0) is 4.79 Å². The molecule has 0 fully saturated rings. The van der Waals surface area contributed by atoms with Gasteiger partial charge in [-0.15, -0.1) is 0 Å². The van der Waals surface area contributed by atoms with Crippen molar-refractivity contribution in [3.63, 3.8) is 0 Å². The van der Waals surface area contributed by atoms with Crippen LogP contribution in [0.2, 0.25) is 0 Å². The Morgan fingerprint density at radius 2 is 1.69 bits per heavy atom. The maximum absolute atomic E-state index is 9.72. The number of hydrogen-bond acceptors (Lipinski definition) is 2. The molecule has 2 nitrogen and oxygen atoms in total. The minimum absolute atomic E-state index is 0.153. The monoisotopic (exact) mass is 175 g/mol. The van der Waals surface area contributed by atoms with Crippen LogP contribution >= 0.6 is 0 Å². The molecular weight excluding hydrogens is 164 g/mol. The highest BCUT2D eigenvalue weighted by Crippen LogP contribution is 2.04. The molecule has 0 amide bonds. The lowest BCUT2D eigenvalue weighted by Gasteiger charge is -1.98. The molecular formula is C11H11O2-. The average Bonchev–Trinajstić information content (AvgIpc) is 2.10. The zero-order valence-electron chi connectivity index (χ0n) is 7.54. The van der Waals surface area contributed by atoms with Crippen LogP contribution in [0.5, 0.6) is 0 Å². The Balaban J connectivity index is 0.000000130. The van der Waals surface area contributed by atoms with Gasteiger partial charge in [-0.25, -0.2) is 0 Å². The van der Waals surface area contributed by atoms with Gasteiger partial charge >= 0.3 is 0 Å². The molecule has 0 saturated carbocycles. The van der Waals surface area contributed by atoms with Gasteiger partial charge in [0.05, 0.1) is 5.97 Å².